The predicted molar refractivity (Wildman–Crippen MR) is 87.3 cm³/mol. The number of aromatic nitrogens is 6. The zero-order chi connectivity index (χ0) is 16.2. The van der Waals surface area contributed by atoms with E-state index in [1.807, 2.05) is 6.20 Å². The van der Waals surface area contributed by atoms with Gasteiger partial charge in [-0.2, -0.15) is 0 Å². The van der Waals surface area contributed by atoms with Crippen molar-refractivity contribution in [3.05, 3.63) is 63.3 Å². The minimum absolute atomic E-state index is 0.217. The molecule has 8 heteroatoms. The molecule has 2 aromatic heterocycles. The first-order valence-corrected chi connectivity index (χ1v) is 8.09. The molecule has 0 aliphatic carbocycles. The fraction of sp³-hybridized carbons (Fsp3) is 0.267. The van der Waals surface area contributed by atoms with E-state index in [9.17, 15) is 4.79 Å². The Bertz CT molecular complexity index is 855. The standard InChI is InChI=1S/C15H16N6OS/c1-10-3-5-12(6-4-10)7-21-8-13(18-20-21)9-23-15-16-14(22)11(2)17-19-15/h3-6,8H,7,9H2,1-2H3,(H,16,19,22). The lowest BCUT2D eigenvalue weighted by Gasteiger charge is -2.01. The fourth-order valence-corrected chi connectivity index (χ4v) is 2.63. The smallest absolute Gasteiger partial charge is 0.273 e. The number of benzene rings is 1. The maximum atomic E-state index is 11.5. The Hall–Kier alpha value is -2.48. The number of aryl methyl sites for hydroxylation is 2. The summed E-state index contributed by atoms with van der Waals surface area (Å²) < 4.78 is 1.80. The summed E-state index contributed by atoms with van der Waals surface area (Å²) in [7, 11) is 0. The van der Waals surface area contributed by atoms with Gasteiger partial charge >= 0.3 is 0 Å². The van der Waals surface area contributed by atoms with Crippen LogP contribution in [0.25, 0.3) is 0 Å². The first-order chi connectivity index (χ1) is 11.1. The fourth-order valence-electron chi connectivity index (χ4n) is 1.95. The van der Waals surface area contributed by atoms with Crippen molar-refractivity contribution in [3.63, 3.8) is 0 Å². The normalized spacial score (nSPS) is 10.9. The van der Waals surface area contributed by atoms with E-state index in [4.69, 9.17) is 0 Å². The Labute approximate surface area is 137 Å². The highest BCUT2D eigenvalue weighted by Crippen LogP contribution is 2.16. The van der Waals surface area contributed by atoms with Gasteiger partial charge in [-0.15, -0.1) is 15.3 Å². The van der Waals surface area contributed by atoms with Crippen LogP contribution >= 0.6 is 11.8 Å². The highest BCUT2D eigenvalue weighted by molar-refractivity contribution is 7.98. The van der Waals surface area contributed by atoms with Crippen LogP contribution in [0.15, 0.2) is 40.4 Å². The molecule has 3 rings (SSSR count). The molecule has 0 atom stereocenters. The second-order valence-electron chi connectivity index (χ2n) is 5.23. The lowest BCUT2D eigenvalue weighted by molar-refractivity contribution is 0.649. The molecule has 0 aliphatic heterocycles. The maximum absolute atomic E-state index is 11.5. The van der Waals surface area contributed by atoms with E-state index in [0.29, 0.717) is 23.1 Å². The molecular weight excluding hydrogens is 312 g/mol. The van der Waals surface area contributed by atoms with Crippen LogP contribution in [0.3, 0.4) is 0 Å². The Morgan fingerprint density at radius 2 is 1.91 bits per heavy atom. The van der Waals surface area contributed by atoms with Crippen LogP contribution in [-0.4, -0.2) is 30.2 Å². The van der Waals surface area contributed by atoms with Crippen molar-refractivity contribution < 1.29 is 0 Å². The molecule has 0 fully saturated rings. The quantitative estimate of drug-likeness (QED) is 0.717. The summed E-state index contributed by atoms with van der Waals surface area (Å²) in [5, 5.41) is 16.5. The Kier molecular flexibility index (Phi) is 4.52. The Balaban J connectivity index is 1.61. The van der Waals surface area contributed by atoms with Crippen LogP contribution in [0.1, 0.15) is 22.5 Å². The molecule has 118 valence electrons. The molecule has 1 aromatic carbocycles. The summed E-state index contributed by atoms with van der Waals surface area (Å²) in [6.07, 6.45) is 1.90. The number of hydrogen-bond donors (Lipinski definition) is 1. The molecule has 3 aromatic rings. The van der Waals surface area contributed by atoms with Crippen molar-refractivity contribution in [1.82, 2.24) is 30.2 Å². The van der Waals surface area contributed by atoms with E-state index in [1.165, 1.54) is 22.9 Å². The largest absolute Gasteiger partial charge is 0.298 e. The number of hydrogen-bond acceptors (Lipinski definition) is 6. The summed E-state index contributed by atoms with van der Waals surface area (Å²) in [6, 6.07) is 8.32. The monoisotopic (exact) mass is 328 g/mol. The Morgan fingerprint density at radius 3 is 2.65 bits per heavy atom. The average Bonchev–Trinajstić information content (AvgIpc) is 2.98. The molecule has 0 bridgehead atoms. The third-order valence-electron chi connectivity index (χ3n) is 3.25. The molecule has 1 N–H and O–H groups in total. The number of nitrogens with zero attached hydrogens (tertiary/aromatic N) is 5. The molecule has 0 aliphatic rings. The second kappa shape index (κ2) is 6.74. The van der Waals surface area contributed by atoms with Gasteiger partial charge in [-0.05, 0) is 19.4 Å². The summed E-state index contributed by atoms with van der Waals surface area (Å²) in [5.41, 5.74) is 3.38. The molecule has 0 saturated carbocycles. The highest BCUT2D eigenvalue weighted by Gasteiger charge is 2.05. The number of thioether (sulfide) groups is 1. The minimum Gasteiger partial charge on any atom is -0.298 e. The van der Waals surface area contributed by atoms with E-state index in [0.717, 1.165) is 5.69 Å². The summed E-state index contributed by atoms with van der Waals surface area (Å²) >= 11 is 1.37. The summed E-state index contributed by atoms with van der Waals surface area (Å²) in [6.45, 7) is 4.36. The topological polar surface area (TPSA) is 89.4 Å². The minimum atomic E-state index is -0.217. The molecule has 0 saturated heterocycles. The van der Waals surface area contributed by atoms with Gasteiger partial charge in [0.15, 0.2) is 5.16 Å². The average molecular weight is 328 g/mol. The van der Waals surface area contributed by atoms with Crippen LogP contribution in [0.2, 0.25) is 0 Å². The van der Waals surface area contributed by atoms with Crippen molar-refractivity contribution in [1.29, 1.82) is 0 Å². The van der Waals surface area contributed by atoms with Crippen molar-refractivity contribution in [3.8, 4) is 0 Å². The van der Waals surface area contributed by atoms with Crippen LogP contribution in [0, 0.1) is 13.8 Å². The zero-order valence-corrected chi connectivity index (χ0v) is 13.7. The number of nitrogens with one attached hydrogen (secondary N) is 1. The van der Waals surface area contributed by atoms with Gasteiger partial charge in [0.25, 0.3) is 5.56 Å². The molecular formula is C15H16N6OS. The van der Waals surface area contributed by atoms with Gasteiger partial charge in [-0.3, -0.25) is 9.78 Å². The van der Waals surface area contributed by atoms with E-state index < -0.39 is 0 Å². The second-order valence-corrected chi connectivity index (χ2v) is 6.19. The van der Waals surface area contributed by atoms with Crippen LogP contribution in [-0.2, 0) is 12.3 Å². The van der Waals surface area contributed by atoms with Crippen molar-refractivity contribution in [2.75, 3.05) is 0 Å². The number of H-pyrrole nitrogens is 1. The Morgan fingerprint density at radius 1 is 1.13 bits per heavy atom. The van der Waals surface area contributed by atoms with E-state index in [1.54, 1.807) is 11.6 Å². The SMILES string of the molecule is Cc1ccc(Cn2cc(CSc3nnc(C)c(=O)[nH]3)nn2)cc1. The van der Waals surface area contributed by atoms with Gasteiger partial charge < -0.3 is 0 Å². The molecule has 0 radical (unpaired) electrons. The number of rotatable bonds is 5. The molecule has 0 spiro atoms. The van der Waals surface area contributed by atoms with Crippen molar-refractivity contribution >= 4 is 11.8 Å². The first-order valence-electron chi connectivity index (χ1n) is 7.11. The third-order valence-corrected chi connectivity index (χ3v) is 4.15. The molecule has 7 nitrogen and oxygen atoms in total. The zero-order valence-electron chi connectivity index (χ0n) is 12.9. The van der Waals surface area contributed by atoms with Gasteiger partial charge in [0, 0.05) is 11.9 Å². The van der Waals surface area contributed by atoms with Gasteiger partial charge in [0.1, 0.15) is 5.69 Å². The van der Waals surface area contributed by atoms with Gasteiger partial charge in [-0.25, -0.2) is 4.68 Å². The lowest BCUT2D eigenvalue weighted by atomic mass is 10.1. The predicted octanol–water partition coefficient (Wildman–Crippen LogP) is 1.71. The maximum Gasteiger partial charge on any atom is 0.273 e. The van der Waals surface area contributed by atoms with Gasteiger partial charge in [-0.1, -0.05) is 46.8 Å². The molecule has 2 heterocycles. The molecule has 23 heavy (non-hydrogen) atoms. The van der Waals surface area contributed by atoms with E-state index in [-0.39, 0.29) is 5.56 Å². The highest BCUT2D eigenvalue weighted by atomic mass is 32.2. The van der Waals surface area contributed by atoms with Crippen molar-refractivity contribution in [2.45, 2.75) is 31.3 Å². The van der Waals surface area contributed by atoms with Crippen molar-refractivity contribution in [2.24, 2.45) is 0 Å². The van der Waals surface area contributed by atoms with E-state index in [2.05, 4.69) is 56.7 Å². The van der Waals surface area contributed by atoms with Crippen LogP contribution in [0.5, 0.6) is 0 Å². The van der Waals surface area contributed by atoms with Gasteiger partial charge in [0.05, 0.1) is 12.2 Å². The van der Waals surface area contributed by atoms with Gasteiger partial charge in [0.2, 0.25) is 0 Å². The third kappa shape index (κ3) is 4.04. The van der Waals surface area contributed by atoms with Crippen LogP contribution < -0.4 is 5.56 Å². The van der Waals surface area contributed by atoms with E-state index >= 15 is 0 Å². The molecule has 0 amide bonds. The lowest BCUT2D eigenvalue weighted by Crippen LogP contribution is -2.14. The van der Waals surface area contributed by atoms with Crippen LogP contribution in [0.4, 0.5) is 0 Å². The molecule has 0 unspecified atom stereocenters. The summed E-state index contributed by atoms with van der Waals surface area (Å²) in [4.78, 5) is 14.2. The number of aromatic amines is 1. The summed E-state index contributed by atoms with van der Waals surface area (Å²) in [5.74, 6) is 0.571. The first kappa shape index (κ1) is 15.4.